The SMILES string of the molecule is O=C(NCCC(O)c1ccco1)NC1CCOCC1. The number of hydrogen-bond donors (Lipinski definition) is 3. The van der Waals surface area contributed by atoms with Crippen molar-refractivity contribution in [1.82, 2.24) is 10.6 Å². The molecule has 0 bridgehead atoms. The van der Waals surface area contributed by atoms with Crippen LogP contribution in [-0.2, 0) is 4.74 Å². The second kappa shape index (κ2) is 7.16. The molecule has 0 saturated carbocycles. The Labute approximate surface area is 112 Å². The maximum absolute atomic E-state index is 11.6. The van der Waals surface area contributed by atoms with Gasteiger partial charge >= 0.3 is 6.03 Å². The van der Waals surface area contributed by atoms with Crippen LogP contribution in [0.1, 0.15) is 31.1 Å². The number of furan rings is 1. The Hall–Kier alpha value is -1.53. The van der Waals surface area contributed by atoms with Gasteiger partial charge in [0, 0.05) is 25.8 Å². The van der Waals surface area contributed by atoms with E-state index in [9.17, 15) is 9.90 Å². The zero-order valence-corrected chi connectivity index (χ0v) is 10.8. The molecule has 19 heavy (non-hydrogen) atoms. The molecule has 0 radical (unpaired) electrons. The van der Waals surface area contributed by atoms with Gasteiger partial charge in [-0.1, -0.05) is 0 Å². The van der Waals surface area contributed by atoms with Crippen molar-refractivity contribution in [3.05, 3.63) is 24.2 Å². The van der Waals surface area contributed by atoms with E-state index in [1.54, 1.807) is 12.1 Å². The fraction of sp³-hybridized carbons (Fsp3) is 0.615. The number of ether oxygens (including phenoxy) is 1. The molecule has 2 amide bonds. The van der Waals surface area contributed by atoms with Crippen molar-refractivity contribution in [3.63, 3.8) is 0 Å². The van der Waals surface area contributed by atoms with Gasteiger partial charge in [-0.05, 0) is 31.4 Å². The minimum Gasteiger partial charge on any atom is -0.467 e. The lowest BCUT2D eigenvalue weighted by atomic mass is 10.1. The summed E-state index contributed by atoms with van der Waals surface area (Å²) in [5.41, 5.74) is 0. The van der Waals surface area contributed by atoms with Crippen molar-refractivity contribution < 1.29 is 19.1 Å². The number of nitrogens with one attached hydrogen (secondary N) is 2. The Bertz CT molecular complexity index is 374. The Morgan fingerprint density at radius 1 is 1.47 bits per heavy atom. The number of aliphatic hydroxyl groups is 1. The number of hydrogen-bond acceptors (Lipinski definition) is 4. The van der Waals surface area contributed by atoms with Crippen molar-refractivity contribution in [2.45, 2.75) is 31.4 Å². The lowest BCUT2D eigenvalue weighted by Gasteiger charge is -2.23. The monoisotopic (exact) mass is 268 g/mol. The van der Waals surface area contributed by atoms with Gasteiger partial charge in [-0.15, -0.1) is 0 Å². The van der Waals surface area contributed by atoms with Crippen LogP contribution in [0, 0.1) is 0 Å². The molecule has 106 valence electrons. The first-order chi connectivity index (χ1) is 9.25. The summed E-state index contributed by atoms with van der Waals surface area (Å²) in [6, 6.07) is 3.43. The number of rotatable bonds is 5. The molecule has 1 unspecified atom stereocenters. The molecule has 1 aromatic rings. The average Bonchev–Trinajstić information content (AvgIpc) is 2.93. The number of urea groups is 1. The van der Waals surface area contributed by atoms with Gasteiger partial charge in [0.05, 0.1) is 6.26 Å². The van der Waals surface area contributed by atoms with Crippen molar-refractivity contribution in [1.29, 1.82) is 0 Å². The highest BCUT2D eigenvalue weighted by atomic mass is 16.5. The van der Waals surface area contributed by atoms with Crippen LogP contribution in [0.3, 0.4) is 0 Å². The molecule has 0 aromatic carbocycles. The predicted octanol–water partition coefficient (Wildman–Crippen LogP) is 1.18. The van der Waals surface area contributed by atoms with Crippen molar-refractivity contribution in [2.24, 2.45) is 0 Å². The topological polar surface area (TPSA) is 83.7 Å². The van der Waals surface area contributed by atoms with Gasteiger partial charge in [0.25, 0.3) is 0 Å². The smallest absolute Gasteiger partial charge is 0.315 e. The van der Waals surface area contributed by atoms with E-state index in [0.717, 1.165) is 12.8 Å². The maximum atomic E-state index is 11.6. The number of aliphatic hydroxyl groups excluding tert-OH is 1. The largest absolute Gasteiger partial charge is 0.467 e. The van der Waals surface area contributed by atoms with E-state index in [1.165, 1.54) is 6.26 Å². The Balaban J connectivity index is 1.61. The fourth-order valence-corrected chi connectivity index (χ4v) is 2.02. The molecule has 1 fully saturated rings. The normalized spacial score (nSPS) is 17.9. The molecule has 1 aliphatic rings. The summed E-state index contributed by atoms with van der Waals surface area (Å²) < 4.78 is 10.3. The highest BCUT2D eigenvalue weighted by Crippen LogP contribution is 2.15. The van der Waals surface area contributed by atoms with Crippen molar-refractivity contribution in [3.8, 4) is 0 Å². The first-order valence-corrected chi connectivity index (χ1v) is 6.59. The molecule has 3 N–H and O–H groups in total. The van der Waals surface area contributed by atoms with Gasteiger partial charge in [-0.2, -0.15) is 0 Å². The van der Waals surface area contributed by atoms with Gasteiger partial charge in [-0.25, -0.2) is 4.79 Å². The Kier molecular flexibility index (Phi) is 5.23. The van der Waals surface area contributed by atoms with E-state index in [4.69, 9.17) is 9.15 Å². The summed E-state index contributed by atoms with van der Waals surface area (Å²) in [4.78, 5) is 11.6. The van der Waals surface area contributed by atoms with Gasteiger partial charge in [0.2, 0.25) is 0 Å². The summed E-state index contributed by atoms with van der Waals surface area (Å²) >= 11 is 0. The van der Waals surface area contributed by atoms with Gasteiger partial charge in [-0.3, -0.25) is 0 Å². The van der Waals surface area contributed by atoms with Crippen molar-refractivity contribution >= 4 is 6.03 Å². The summed E-state index contributed by atoms with van der Waals surface area (Å²) in [5, 5.41) is 15.4. The first kappa shape index (κ1) is 13.9. The molecule has 0 aliphatic carbocycles. The van der Waals surface area contributed by atoms with Crippen LogP contribution >= 0.6 is 0 Å². The summed E-state index contributed by atoms with van der Waals surface area (Å²) in [6.45, 7) is 1.79. The standard InChI is InChI=1S/C13H20N2O4/c16-11(12-2-1-7-19-12)3-6-14-13(17)15-10-4-8-18-9-5-10/h1-2,7,10-11,16H,3-6,8-9H2,(H2,14,15,17). The molecule has 6 heteroatoms. The molecule has 1 saturated heterocycles. The van der Waals surface area contributed by atoms with Crippen LogP contribution in [0.5, 0.6) is 0 Å². The highest BCUT2D eigenvalue weighted by molar-refractivity contribution is 5.74. The Morgan fingerprint density at radius 2 is 2.26 bits per heavy atom. The molecule has 1 atom stereocenters. The average molecular weight is 268 g/mol. The molecule has 1 aromatic heterocycles. The first-order valence-electron chi connectivity index (χ1n) is 6.59. The van der Waals surface area contributed by atoms with Crippen LogP contribution in [0.15, 0.2) is 22.8 Å². The van der Waals surface area contributed by atoms with Crippen LogP contribution in [-0.4, -0.2) is 36.9 Å². The second-order valence-electron chi connectivity index (χ2n) is 4.61. The molecular weight excluding hydrogens is 248 g/mol. The summed E-state index contributed by atoms with van der Waals surface area (Å²) in [5.74, 6) is 0.520. The molecule has 0 spiro atoms. The van der Waals surface area contributed by atoms with Crippen LogP contribution in [0.25, 0.3) is 0 Å². The Morgan fingerprint density at radius 3 is 2.95 bits per heavy atom. The minimum absolute atomic E-state index is 0.184. The van der Waals surface area contributed by atoms with E-state index in [0.29, 0.717) is 31.9 Å². The van der Waals surface area contributed by atoms with Gasteiger partial charge in [0.15, 0.2) is 0 Å². The lowest BCUT2D eigenvalue weighted by Crippen LogP contribution is -2.44. The van der Waals surface area contributed by atoms with E-state index < -0.39 is 6.10 Å². The minimum atomic E-state index is -0.682. The summed E-state index contributed by atoms with van der Waals surface area (Å²) in [7, 11) is 0. The zero-order valence-electron chi connectivity index (χ0n) is 10.8. The third kappa shape index (κ3) is 4.57. The van der Waals surface area contributed by atoms with Gasteiger partial charge < -0.3 is 24.9 Å². The van der Waals surface area contributed by atoms with Gasteiger partial charge in [0.1, 0.15) is 11.9 Å². The summed E-state index contributed by atoms with van der Waals surface area (Å²) in [6.07, 6.45) is 2.96. The van der Waals surface area contributed by atoms with Crippen LogP contribution < -0.4 is 10.6 Å². The van der Waals surface area contributed by atoms with Crippen molar-refractivity contribution in [2.75, 3.05) is 19.8 Å². The number of amides is 2. The molecule has 1 aliphatic heterocycles. The zero-order chi connectivity index (χ0) is 13.5. The quantitative estimate of drug-likeness (QED) is 0.748. The predicted molar refractivity (Wildman–Crippen MR) is 68.7 cm³/mol. The van der Waals surface area contributed by atoms with E-state index in [1.807, 2.05) is 0 Å². The third-order valence-corrected chi connectivity index (χ3v) is 3.13. The lowest BCUT2D eigenvalue weighted by molar-refractivity contribution is 0.0800. The van der Waals surface area contributed by atoms with E-state index in [2.05, 4.69) is 10.6 Å². The highest BCUT2D eigenvalue weighted by Gasteiger charge is 2.16. The van der Waals surface area contributed by atoms with Crippen LogP contribution in [0.2, 0.25) is 0 Å². The molecule has 2 rings (SSSR count). The maximum Gasteiger partial charge on any atom is 0.315 e. The van der Waals surface area contributed by atoms with E-state index in [-0.39, 0.29) is 12.1 Å². The third-order valence-electron chi connectivity index (χ3n) is 3.13. The van der Waals surface area contributed by atoms with E-state index >= 15 is 0 Å². The molecular formula is C13H20N2O4. The molecule has 2 heterocycles. The molecule has 6 nitrogen and oxygen atoms in total. The fourth-order valence-electron chi connectivity index (χ4n) is 2.02. The number of carbonyl (C=O) groups is 1. The number of carbonyl (C=O) groups excluding carboxylic acids is 1. The second-order valence-corrected chi connectivity index (χ2v) is 4.61. The van der Waals surface area contributed by atoms with Crippen LogP contribution in [0.4, 0.5) is 4.79 Å².